The summed E-state index contributed by atoms with van der Waals surface area (Å²) in [7, 11) is 0. The summed E-state index contributed by atoms with van der Waals surface area (Å²) in [6, 6.07) is 5.19. The van der Waals surface area contributed by atoms with Gasteiger partial charge < -0.3 is 0 Å². The zero-order valence-corrected chi connectivity index (χ0v) is 15.9. The Balaban J connectivity index is 1.76. The summed E-state index contributed by atoms with van der Waals surface area (Å²) in [6.45, 7) is 5.62. The third-order valence-corrected chi connectivity index (χ3v) is 6.37. The van der Waals surface area contributed by atoms with E-state index in [-0.39, 0.29) is 5.56 Å². The Morgan fingerprint density at radius 2 is 2.00 bits per heavy atom. The second-order valence-corrected chi connectivity index (χ2v) is 8.51. The van der Waals surface area contributed by atoms with Crippen LogP contribution in [-0.4, -0.2) is 34.6 Å². The lowest BCUT2D eigenvalue weighted by atomic mass is 9.67. The van der Waals surface area contributed by atoms with Crippen LogP contribution in [0.1, 0.15) is 74.7 Å². The van der Waals surface area contributed by atoms with E-state index in [1.165, 1.54) is 44.6 Å². The van der Waals surface area contributed by atoms with Gasteiger partial charge in [0.05, 0.1) is 0 Å². The van der Waals surface area contributed by atoms with Crippen LogP contribution in [0.4, 0.5) is 4.39 Å². The molecule has 1 saturated carbocycles. The molecule has 3 rings (SSSR count). The third-order valence-electron chi connectivity index (χ3n) is 6.37. The van der Waals surface area contributed by atoms with Crippen LogP contribution in [0, 0.1) is 11.2 Å². The number of hydroxylamine groups is 1. The molecule has 2 aliphatic rings. The average molecular weight is 362 g/mol. The number of halogens is 1. The number of nitrogens with one attached hydrogen (secondary N) is 1. The van der Waals surface area contributed by atoms with Crippen molar-refractivity contribution >= 4 is 5.91 Å². The van der Waals surface area contributed by atoms with Crippen LogP contribution in [0.25, 0.3) is 0 Å². The molecule has 0 aromatic heterocycles. The van der Waals surface area contributed by atoms with E-state index in [1.54, 1.807) is 11.5 Å². The number of piperidine rings is 1. The van der Waals surface area contributed by atoms with Gasteiger partial charge in [-0.15, -0.1) is 0 Å². The minimum atomic E-state index is -0.670. The number of benzene rings is 1. The van der Waals surface area contributed by atoms with Crippen molar-refractivity contribution in [3.63, 3.8) is 0 Å². The highest BCUT2D eigenvalue weighted by atomic mass is 19.1. The molecule has 2 fully saturated rings. The third kappa shape index (κ3) is 4.26. The van der Waals surface area contributed by atoms with Gasteiger partial charge in [-0.1, -0.05) is 19.3 Å². The van der Waals surface area contributed by atoms with Gasteiger partial charge in [-0.3, -0.25) is 14.9 Å². The summed E-state index contributed by atoms with van der Waals surface area (Å²) in [5.74, 6) is -1.10. The van der Waals surface area contributed by atoms with Crippen molar-refractivity contribution in [1.82, 2.24) is 10.4 Å². The highest BCUT2D eigenvalue weighted by Crippen LogP contribution is 2.45. The Bertz CT molecular complexity index is 641. The van der Waals surface area contributed by atoms with Crippen molar-refractivity contribution in [3.05, 3.63) is 35.1 Å². The predicted octanol–water partition coefficient (Wildman–Crippen LogP) is 4.31. The maximum absolute atomic E-state index is 13.9. The van der Waals surface area contributed by atoms with Gasteiger partial charge in [-0.05, 0) is 75.1 Å². The highest BCUT2D eigenvalue weighted by molar-refractivity contribution is 5.93. The molecule has 1 spiro atoms. The summed E-state index contributed by atoms with van der Waals surface area (Å²) in [5.41, 5.74) is 3.05. The van der Waals surface area contributed by atoms with Crippen molar-refractivity contribution in [3.8, 4) is 0 Å². The number of carbonyl (C=O) groups is 1. The Labute approximate surface area is 155 Å². The molecule has 1 atom stereocenters. The topological polar surface area (TPSA) is 52.6 Å². The molecular formula is C21H31FN2O2. The molecule has 1 heterocycles. The lowest BCUT2D eigenvalue weighted by Crippen LogP contribution is -2.53. The predicted molar refractivity (Wildman–Crippen MR) is 99.7 cm³/mol. The molecule has 5 heteroatoms. The average Bonchev–Trinajstić information content (AvgIpc) is 2.63. The number of carbonyl (C=O) groups excluding carboxylic acids is 1. The van der Waals surface area contributed by atoms with E-state index >= 15 is 0 Å². The maximum atomic E-state index is 13.9. The smallest absolute Gasteiger partial charge is 0.274 e. The quantitative estimate of drug-likeness (QED) is 0.620. The molecule has 0 bridgehead atoms. The van der Waals surface area contributed by atoms with Crippen LogP contribution < -0.4 is 5.48 Å². The fourth-order valence-corrected chi connectivity index (χ4v) is 5.00. The van der Waals surface area contributed by atoms with Crippen molar-refractivity contribution in [1.29, 1.82) is 0 Å². The molecule has 1 aliphatic heterocycles. The maximum Gasteiger partial charge on any atom is 0.274 e. The number of hydrogen-bond acceptors (Lipinski definition) is 3. The summed E-state index contributed by atoms with van der Waals surface area (Å²) in [6.07, 6.45) is 9.84. The summed E-state index contributed by atoms with van der Waals surface area (Å²) in [4.78, 5) is 14.2. The van der Waals surface area contributed by atoms with Crippen LogP contribution in [0.5, 0.6) is 0 Å². The van der Waals surface area contributed by atoms with Gasteiger partial charge in [-0.2, -0.15) is 0 Å². The van der Waals surface area contributed by atoms with Crippen molar-refractivity contribution in [2.24, 2.45) is 5.41 Å². The van der Waals surface area contributed by atoms with Crippen molar-refractivity contribution in [2.75, 3.05) is 6.54 Å². The molecule has 1 aromatic carbocycles. The molecule has 4 nitrogen and oxygen atoms in total. The Morgan fingerprint density at radius 3 is 2.65 bits per heavy atom. The van der Waals surface area contributed by atoms with Gasteiger partial charge in [0.2, 0.25) is 0 Å². The largest absolute Gasteiger partial charge is 0.297 e. The lowest BCUT2D eigenvalue weighted by molar-refractivity contribution is -0.00201. The lowest BCUT2D eigenvalue weighted by Gasteiger charge is -2.50. The van der Waals surface area contributed by atoms with Crippen LogP contribution in [-0.2, 0) is 6.42 Å². The number of hydrogen-bond donors (Lipinski definition) is 2. The first-order valence-corrected chi connectivity index (χ1v) is 9.92. The molecule has 1 aromatic rings. The monoisotopic (exact) mass is 362 g/mol. The van der Waals surface area contributed by atoms with Crippen molar-refractivity contribution < 1.29 is 14.4 Å². The molecule has 26 heavy (non-hydrogen) atoms. The normalized spacial score (nSPS) is 23.3. The van der Waals surface area contributed by atoms with E-state index in [1.807, 2.05) is 0 Å². The van der Waals surface area contributed by atoms with Crippen LogP contribution in [0.3, 0.4) is 0 Å². The van der Waals surface area contributed by atoms with Crippen LogP contribution >= 0.6 is 0 Å². The highest BCUT2D eigenvalue weighted by Gasteiger charge is 2.40. The second kappa shape index (κ2) is 8.05. The number of nitrogens with zero attached hydrogens (tertiary/aromatic N) is 1. The van der Waals surface area contributed by atoms with E-state index in [9.17, 15) is 9.18 Å². The van der Waals surface area contributed by atoms with Gasteiger partial charge >= 0.3 is 0 Å². The Hall–Kier alpha value is -1.46. The van der Waals surface area contributed by atoms with Crippen molar-refractivity contribution in [2.45, 2.75) is 77.3 Å². The Kier molecular flexibility index (Phi) is 5.98. The van der Waals surface area contributed by atoms with Gasteiger partial charge in [0, 0.05) is 24.2 Å². The molecule has 1 amide bonds. The number of amides is 1. The molecule has 0 radical (unpaired) electrons. The van der Waals surface area contributed by atoms with E-state index in [4.69, 9.17) is 5.21 Å². The summed E-state index contributed by atoms with van der Waals surface area (Å²) < 4.78 is 13.9. The standard InChI is InChI=1S/C21H31FN2O2/c1-15(2)24-14-21(7-4-3-5-8-21)9-6-19(24)12-16-10-17(20(25)23-26)13-18(22)11-16/h10-11,13,15,19,26H,3-9,12,14H2,1-2H3,(H,23,25)/t19-/m1/s1. The molecular weight excluding hydrogens is 331 g/mol. The summed E-state index contributed by atoms with van der Waals surface area (Å²) >= 11 is 0. The van der Waals surface area contributed by atoms with Gasteiger partial charge in [0.15, 0.2) is 0 Å². The van der Waals surface area contributed by atoms with Gasteiger partial charge in [0.25, 0.3) is 5.91 Å². The first-order valence-electron chi connectivity index (χ1n) is 9.92. The zero-order chi connectivity index (χ0) is 18.7. The summed E-state index contributed by atoms with van der Waals surface area (Å²) in [5, 5.41) is 8.82. The first-order chi connectivity index (χ1) is 12.4. The van der Waals surface area contributed by atoms with Gasteiger partial charge in [-0.25, -0.2) is 9.87 Å². The molecule has 1 saturated heterocycles. The minimum Gasteiger partial charge on any atom is -0.297 e. The molecule has 0 unspecified atom stereocenters. The SMILES string of the molecule is CC(C)N1CC2(CCCCC2)CC[C@@H]1Cc1cc(F)cc(C(=O)NO)c1. The molecule has 2 N–H and O–H groups in total. The van der Waals surface area contributed by atoms with E-state index in [2.05, 4.69) is 18.7 Å². The Morgan fingerprint density at radius 1 is 1.27 bits per heavy atom. The van der Waals surface area contributed by atoms with Gasteiger partial charge in [0.1, 0.15) is 5.82 Å². The fourth-order valence-electron chi connectivity index (χ4n) is 5.00. The van der Waals surface area contributed by atoms with E-state index < -0.39 is 11.7 Å². The van der Waals surface area contributed by atoms with Crippen LogP contribution in [0.15, 0.2) is 18.2 Å². The number of likely N-dealkylation sites (tertiary alicyclic amines) is 1. The van der Waals surface area contributed by atoms with E-state index in [0.29, 0.717) is 17.5 Å². The minimum absolute atomic E-state index is 0.165. The second-order valence-electron chi connectivity index (χ2n) is 8.51. The van der Waals surface area contributed by atoms with Crippen LogP contribution in [0.2, 0.25) is 0 Å². The first kappa shape index (κ1) is 19.3. The molecule has 1 aliphatic carbocycles. The number of rotatable bonds is 4. The zero-order valence-electron chi connectivity index (χ0n) is 15.9. The fraction of sp³-hybridized carbons (Fsp3) is 0.667. The van der Waals surface area contributed by atoms with E-state index in [0.717, 1.165) is 31.0 Å². The molecule has 144 valence electrons.